The maximum Gasteiger partial charge on any atom is 0.295 e. The Morgan fingerprint density at radius 2 is 1.70 bits per heavy atom. The van der Waals surface area contributed by atoms with Gasteiger partial charge in [-0.25, -0.2) is 0 Å². The second-order valence-electron chi connectivity index (χ2n) is 7.59. The summed E-state index contributed by atoms with van der Waals surface area (Å²) >= 11 is 3.33. The molecule has 7 nitrogen and oxygen atoms in total. The molecule has 0 aromatic heterocycles. The Morgan fingerprint density at radius 1 is 1.00 bits per heavy atom. The number of non-ortho nitro benzene ring substituents is 1. The normalized spacial score (nSPS) is 17.4. The number of hydrogen-bond acceptors (Lipinski definition) is 5. The highest BCUT2D eigenvalue weighted by atomic mass is 79.9. The molecule has 1 saturated heterocycles. The van der Waals surface area contributed by atoms with Gasteiger partial charge in [-0.05, 0) is 29.7 Å². The topological polar surface area (TPSA) is 101 Å². The first-order chi connectivity index (χ1) is 15.9. The molecule has 1 amide bonds. The highest BCUT2D eigenvalue weighted by molar-refractivity contribution is 9.10. The summed E-state index contributed by atoms with van der Waals surface area (Å²) in [6.07, 6.45) is 0.484. The number of Topliss-reactive ketones (excluding diaryl/α,β-unsaturated/α-hetero) is 1. The van der Waals surface area contributed by atoms with Gasteiger partial charge in [0.15, 0.2) is 0 Å². The van der Waals surface area contributed by atoms with Crippen LogP contribution >= 0.6 is 15.9 Å². The van der Waals surface area contributed by atoms with Crippen molar-refractivity contribution in [1.82, 2.24) is 4.90 Å². The molecule has 0 saturated carbocycles. The molecule has 1 heterocycles. The number of hydrogen-bond donors (Lipinski definition) is 1. The summed E-state index contributed by atoms with van der Waals surface area (Å²) < 4.78 is 0.789. The van der Waals surface area contributed by atoms with Crippen molar-refractivity contribution in [3.8, 4) is 0 Å². The van der Waals surface area contributed by atoms with Gasteiger partial charge in [-0.3, -0.25) is 19.7 Å². The number of carbonyl (C=O) groups is 2. The second kappa shape index (κ2) is 9.38. The first kappa shape index (κ1) is 22.4. The number of ketones is 1. The number of nitrogens with zero attached hydrogens (tertiary/aromatic N) is 2. The minimum absolute atomic E-state index is 0.0871. The summed E-state index contributed by atoms with van der Waals surface area (Å²) in [5.41, 5.74) is 1.48. The Labute approximate surface area is 198 Å². The van der Waals surface area contributed by atoms with Gasteiger partial charge in [-0.1, -0.05) is 70.5 Å². The van der Waals surface area contributed by atoms with Crippen LogP contribution in [0.25, 0.3) is 5.76 Å². The third kappa shape index (κ3) is 4.56. The molecule has 3 aromatic rings. The van der Waals surface area contributed by atoms with Gasteiger partial charge in [0.25, 0.3) is 17.4 Å². The number of benzene rings is 3. The fraction of sp³-hybridized carbons (Fsp3) is 0.120. The van der Waals surface area contributed by atoms with E-state index in [9.17, 15) is 24.8 Å². The number of amides is 1. The molecule has 1 aliphatic heterocycles. The molecule has 0 spiro atoms. The molecule has 0 bridgehead atoms. The van der Waals surface area contributed by atoms with Crippen molar-refractivity contribution in [2.24, 2.45) is 0 Å². The number of nitro benzene ring substituents is 1. The average Bonchev–Trinajstić information content (AvgIpc) is 3.08. The summed E-state index contributed by atoms with van der Waals surface area (Å²) in [4.78, 5) is 38.3. The SMILES string of the molecule is O=C1C(=O)N(CCc2ccccc2)[C@H](c2cccc([N+](=O)[O-])c2)C1=C(O)c1ccc(Br)cc1. The van der Waals surface area contributed by atoms with Crippen molar-refractivity contribution < 1.29 is 19.6 Å². The van der Waals surface area contributed by atoms with Crippen molar-refractivity contribution in [2.45, 2.75) is 12.5 Å². The Balaban J connectivity index is 1.82. The van der Waals surface area contributed by atoms with E-state index in [1.54, 1.807) is 30.3 Å². The summed E-state index contributed by atoms with van der Waals surface area (Å²) in [5.74, 6) is -1.89. The molecule has 4 rings (SSSR count). The number of aliphatic hydroxyl groups excluding tert-OH is 1. The summed E-state index contributed by atoms with van der Waals surface area (Å²) in [7, 11) is 0. The number of carbonyl (C=O) groups excluding carboxylic acids is 2. The molecule has 8 heteroatoms. The number of aliphatic hydroxyl groups is 1. The van der Waals surface area contributed by atoms with E-state index in [2.05, 4.69) is 15.9 Å². The molecular formula is C25H19BrN2O5. The molecule has 0 unspecified atom stereocenters. The molecule has 0 aliphatic carbocycles. The fourth-order valence-electron chi connectivity index (χ4n) is 3.92. The molecule has 0 radical (unpaired) electrons. The third-order valence-electron chi connectivity index (χ3n) is 5.54. The van der Waals surface area contributed by atoms with Gasteiger partial charge in [-0.15, -0.1) is 0 Å². The van der Waals surface area contributed by atoms with Crippen LogP contribution in [-0.2, 0) is 16.0 Å². The number of rotatable bonds is 6. The van der Waals surface area contributed by atoms with Gasteiger partial charge in [0.05, 0.1) is 16.5 Å². The fourth-order valence-corrected chi connectivity index (χ4v) is 4.19. The van der Waals surface area contributed by atoms with E-state index in [-0.39, 0.29) is 23.6 Å². The first-order valence-corrected chi connectivity index (χ1v) is 11.0. The molecule has 1 aliphatic rings. The summed E-state index contributed by atoms with van der Waals surface area (Å²) in [5, 5.41) is 22.4. The zero-order chi connectivity index (χ0) is 23.5. The molecule has 1 atom stereocenters. The summed E-state index contributed by atoms with van der Waals surface area (Å²) in [6, 6.07) is 21.0. The standard InChI is InChI=1S/C25H19BrN2O5/c26-19-11-9-17(10-12-19)23(29)21-22(18-7-4-8-20(15-18)28(32)33)27(25(31)24(21)30)14-13-16-5-2-1-3-6-16/h1-12,15,22,29H,13-14H2/t22-/m1/s1. The van der Waals surface area contributed by atoms with Gasteiger partial charge in [0, 0.05) is 28.7 Å². The monoisotopic (exact) mass is 506 g/mol. The van der Waals surface area contributed by atoms with Gasteiger partial charge in [-0.2, -0.15) is 0 Å². The highest BCUT2D eigenvalue weighted by Crippen LogP contribution is 2.40. The van der Waals surface area contributed by atoms with Gasteiger partial charge in [0.1, 0.15) is 5.76 Å². The third-order valence-corrected chi connectivity index (χ3v) is 6.07. The van der Waals surface area contributed by atoms with E-state index in [0.717, 1.165) is 10.0 Å². The van der Waals surface area contributed by atoms with Crippen molar-refractivity contribution in [3.05, 3.63) is 116 Å². The minimum atomic E-state index is -0.947. The molecule has 33 heavy (non-hydrogen) atoms. The van der Waals surface area contributed by atoms with Gasteiger partial charge < -0.3 is 10.0 Å². The first-order valence-electron chi connectivity index (χ1n) is 10.2. The molecular weight excluding hydrogens is 488 g/mol. The zero-order valence-electron chi connectivity index (χ0n) is 17.3. The lowest BCUT2D eigenvalue weighted by atomic mass is 9.95. The quantitative estimate of drug-likeness (QED) is 0.166. The molecule has 1 N–H and O–H groups in total. The van der Waals surface area contributed by atoms with Crippen LogP contribution in [0.1, 0.15) is 22.7 Å². The number of nitro groups is 1. The average molecular weight is 507 g/mol. The lowest BCUT2D eigenvalue weighted by molar-refractivity contribution is -0.384. The number of likely N-dealkylation sites (tertiary alicyclic amines) is 1. The maximum absolute atomic E-state index is 13.1. The van der Waals surface area contributed by atoms with Crippen LogP contribution in [0.15, 0.2) is 88.9 Å². The van der Waals surface area contributed by atoms with Gasteiger partial charge in [0.2, 0.25) is 0 Å². The lowest BCUT2D eigenvalue weighted by Gasteiger charge is -2.25. The molecule has 3 aromatic carbocycles. The van der Waals surface area contributed by atoms with Crippen LogP contribution in [0, 0.1) is 10.1 Å². The van der Waals surface area contributed by atoms with Crippen LogP contribution in [0.2, 0.25) is 0 Å². The Morgan fingerprint density at radius 3 is 2.36 bits per heavy atom. The Hall–Kier alpha value is -3.78. The van der Waals surface area contributed by atoms with Crippen LogP contribution in [0.4, 0.5) is 5.69 Å². The number of halogens is 1. The Bertz CT molecular complexity index is 1260. The van der Waals surface area contributed by atoms with Crippen molar-refractivity contribution in [3.63, 3.8) is 0 Å². The van der Waals surface area contributed by atoms with Crippen LogP contribution < -0.4 is 0 Å². The lowest BCUT2D eigenvalue weighted by Crippen LogP contribution is -2.31. The largest absolute Gasteiger partial charge is 0.507 e. The molecule has 166 valence electrons. The molecule has 1 fully saturated rings. The zero-order valence-corrected chi connectivity index (χ0v) is 18.9. The van der Waals surface area contributed by atoms with Crippen molar-refractivity contribution >= 4 is 39.1 Å². The van der Waals surface area contributed by atoms with E-state index in [0.29, 0.717) is 17.5 Å². The van der Waals surface area contributed by atoms with Crippen LogP contribution in [0.5, 0.6) is 0 Å². The van der Waals surface area contributed by atoms with E-state index < -0.39 is 22.7 Å². The van der Waals surface area contributed by atoms with Crippen molar-refractivity contribution in [2.75, 3.05) is 6.54 Å². The van der Waals surface area contributed by atoms with Crippen LogP contribution in [0.3, 0.4) is 0 Å². The highest BCUT2D eigenvalue weighted by Gasteiger charge is 2.46. The summed E-state index contributed by atoms with van der Waals surface area (Å²) in [6.45, 7) is 0.207. The van der Waals surface area contributed by atoms with Gasteiger partial charge >= 0.3 is 0 Å². The predicted molar refractivity (Wildman–Crippen MR) is 126 cm³/mol. The minimum Gasteiger partial charge on any atom is -0.507 e. The van der Waals surface area contributed by atoms with E-state index >= 15 is 0 Å². The van der Waals surface area contributed by atoms with Crippen LogP contribution in [-0.4, -0.2) is 33.2 Å². The van der Waals surface area contributed by atoms with Crippen molar-refractivity contribution in [1.29, 1.82) is 0 Å². The van der Waals surface area contributed by atoms with E-state index in [1.807, 2.05) is 30.3 Å². The second-order valence-corrected chi connectivity index (χ2v) is 8.50. The maximum atomic E-state index is 13.1. The van der Waals surface area contributed by atoms with E-state index in [4.69, 9.17) is 0 Å². The predicted octanol–water partition coefficient (Wildman–Crippen LogP) is 5.02. The smallest absolute Gasteiger partial charge is 0.295 e. The Kier molecular flexibility index (Phi) is 6.37. The van der Waals surface area contributed by atoms with E-state index in [1.165, 1.54) is 23.1 Å².